The molecule has 1 N–H and O–H groups in total. The molecule has 80 valence electrons. The van der Waals surface area contributed by atoms with Crippen LogP contribution in [0.2, 0.25) is 0 Å². The van der Waals surface area contributed by atoms with Crippen molar-refractivity contribution >= 4 is 21.8 Å². The van der Waals surface area contributed by atoms with Crippen molar-refractivity contribution in [2.45, 2.75) is 18.5 Å². The molecular formula is C10H11BrN2O2. The minimum Gasteiger partial charge on any atom is -0.458 e. The minimum atomic E-state index is -0.00287. The lowest BCUT2D eigenvalue weighted by atomic mass is 9.91. The average Bonchev–Trinajstić information content (AvgIpc) is 2.63. The fraction of sp³-hybridized carbons (Fsp3) is 0.500. The lowest BCUT2D eigenvalue weighted by Crippen LogP contribution is -2.67. The van der Waals surface area contributed by atoms with Gasteiger partial charge in [-0.1, -0.05) is 0 Å². The maximum Gasteiger partial charge on any atom is 0.289 e. The molecule has 5 heteroatoms. The molecule has 4 nitrogen and oxygen atoms in total. The van der Waals surface area contributed by atoms with E-state index in [1.807, 2.05) is 4.90 Å². The second kappa shape index (κ2) is 3.35. The third kappa shape index (κ3) is 1.59. The molecule has 0 radical (unpaired) electrons. The Balaban J connectivity index is 1.74. The zero-order valence-corrected chi connectivity index (χ0v) is 9.66. The van der Waals surface area contributed by atoms with Crippen molar-refractivity contribution in [2.75, 3.05) is 13.1 Å². The van der Waals surface area contributed by atoms with Crippen LogP contribution < -0.4 is 5.32 Å². The van der Waals surface area contributed by atoms with Gasteiger partial charge in [0, 0.05) is 31.2 Å². The first-order valence-electron chi connectivity index (χ1n) is 5.02. The molecule has 2 unspecified atom stereocenters. The first kappa shape index (κ1) is 9.42. The Morgan fingerprint density at radius 3 is 2.73 bits per heavy atom. The molecule has 3 aliphatic heterocycles. The molecule has 1 amide bonds. The van der Waals surface area contributed by atoms with Crippen LogP contribution in [0.25, 0.3) is 0 Å². The third-order valence-electron chi connectivity index (χ3n) is 2.99. The minimum absolute atomic E-state index is 0.00287. The number of nitrogens with one attached hydrogen (secondary N) is 1. The van der Waals surface area contributed by atoms with Crippen LogP contribution in [0.5, 0.6) is 0 Å². The van der Waals surface area contributed by atoms with E-state index >= 15 is 0 Å². The van der Waals surface area contributed by atoms with Crippen molar-refractivity contribution in [3.63, 3.8) is 0 Å². The van der Waals surface area contributed by atoms with E-state index in [0.717, 1.165) is 17.6 Å². The van der Waals surface area contributed by atoms with E-state index in [-0.39, 0.29) is 5.91 Å². The molecule has 0 spiro atoms. The maximum absolute atomic E-state index is 12.0. The van der Waals surface area contributed by atoms with Gasteiger partial charge in [0.1, 0.15) is 6.26 Å². The van der Waals surface area contributed by atoms with E-state index in [2.05, 4.69) is 21.2 Å². The van der Waals surface area contributed by atoms with E-state index in [1.165, 1.54) is 12.7 Å². The summed E-state index contributed by atoms with van der Waals surface area (Å²) >= 11 is 3.27. The summed E-state index contributed by atoms with van der Waals surface area (Å²) in [6.45, 7) is 1.60. The molecule has 0 aromatic carbocycles. The molecule has 3 saturated heterocycles. The lowest BCUT2D eigenvalue weighted by Gasteiger charge is -2.48. The van der Waals surface area contributed by atoms with Gasteiger partial charge in [-0.05, 0) is 22.4 Å². The van der Waals surface area contributed by atoms with Crippen LogP contribution in [0.3, 0.4) is 0 Å². The number of amides is 1. The first-order chi connectivity index (χ1) is 7.22. The highest BCUT2D eigenvalue weighted by atomic mass is 79.9. The number of hydrogen-bond acceptors (Lipinski definition) is 3. The van der Waals surface area contributed by atoms with Crippen LogP contribution in [0.1, 0.15) is 17.0 Å². The first-order valence-corrected chi connectivity index (χ1v) is 5.81. The predicted molar refractivity (Wildman–Crippen MR) is 57.6 cm³/mol. The average molecular weight is 271 g/mol. The smallest absolute Gasteiger partial charge is 0.289 e. The number of fused-ring (bicyclic) bond motifs is 2. The third-order valence-corrected chi connectivity index (χ3v) is 3.40. The van der Waals surface area contributed by atoms with Crippen molar-refractivity contribution < 1.29 is 9.21 Å². The normalized spacial score (nSPS) is 28.7. The molecule has 2 atom stereocenters. The van der Waals surface area contributed by atoms with Crippen molar-refractivity contribution in [3.05, 3.63) is 22.6 Å². The summed E-state index contributed by atoms with van der Waals surface area (Å²) in [7, 11) is 0. The van der Waals surface area contributed by atoms with Crippen LogP contribution in [0.15, 0.2) is 21.2 Å². The highest BCUT2D eigenvalue weighted by Gasteiger charge is 2.39. The summed E-state index contributed by atoms with van der Waals surface area (Å²) in [5.41, 5.74) is 0. The van der Waals surface area contributed by atoms with Crippen LogP contribution >= 0.6 is 15.9 Å². The number of rotatable bonds is 1. The monoisotopic (exact) mass is 270 g/mol. The van der Waals surface area contributed by atoms with E-state index in [9.17, 15) is 4.79 Å². The zero-order valence-electron chi connectivity index (χ0n) is 8.07. The van der Waals surface area contributed by atoms with Gasteiger partial charge in [-0.2, -0.15) is 0 Å². The quantitative estimate of drug-likeness (QED) is 0.835. The standard InChI is InChI=1S/C10H11BrN2O2/c11-6-1-9(15-5-6)10(14)13-3-7-2-8(4-13)12-7/h1,5,7-8,12H,2-4H2. The van der Waals surface area contributed by atoms with Crippen LogP contribution in [-0.2, 0) is 0 Å². The second-order valence-electron chi connectivity index (χ2n) is 4.14. The molecule has 0 saturated carbocycles. The number of carbonyl (C=O) groups excluding carboxylic acids is 1. The summed E-state index contributed by atoms with van der Waals surface area (Å²) in [4.78, 5) is 13.8. The Hall–Kier alpha value is -0.810. The summed E-state index contributed by atoms with van der Waals surface area (Å²) < 4.78 is 5.98. The number of piperidine rings is 1. The van der Waals surface area contributed by atoms with Crippen LogP contribution in [0.4, 0.5) is 0 Å². The largest absolute Gasteiger partial charge is 0.458 e. The summed E-state index contributed by atoms with van der Waals surface area (Å²) in [5, 5.41) is 3.39. The Kier molecular flexibility index (Phi) is 2.10. The number of hydrogen-bond donors (Lipinski definition) is 1. The van der Waals surface area contributed by atoms with Crippen molar-refractivity contribution in [1.29, 1.82) is 0 Å². The molecule has 15 heavy (non-hydrogen) atoms. The van der Waals surface area contributed by atoms with E-state index in [1.54, 1.807) is 6.07 Å². The Bertz CT molecular complexity index is 388. The lowest BCUT2D eigenvalue weighted by molar-refractivity contribution is 0.0445. The number of nitrogens with zero attached hydrogens (tertiary/aromatic N) is 1. The molecule has 1 aromatic rings. The molecule has 4 heterocycles. The molecular weight excluding hydrogens is 260 g/mol. The van der Waals surface area contributed by atoms with E-state index in [4.69, 9.17) is 4.42 Å². The maximum atomic E-state index is 12.0. The van der Waals surface area contributed by atoms with Crippen molar-refractivity contribution in [3.8, 4) is 0 Å². The van der Waals surface area contributed by atoms with Gasteiger partial charge in [0.2, 0.25) is 0 Å². The SMILES string of the molecule is O=C(c1cc(Br)co1)N1CC2CC(C1)N2. The summed E-state index contributed by atoms with van der Waals surface area (Å²) in [6, 6.07) is 2.70. The van der Waals surface area contributed by atoms with Gasteiger partial charge in [-0.25, -0.2) is 0 Å². The van der Waals surface area contributed by atoms with Gasteiger partial charge < -0.3 is 14.6 Å². The van der Waals surface area contributed by atoms with E-state index in [0.29, 0.717) is 17.8 Å². The highest BCUT2D eigenvalue weighted by Crippen LogP contribution is 2.23. The van der Waals surface area contributed by atoms with Gasteiger partial charge in [0.05, 0.1) is 4.47 Å². The topological polar surface area (TPSA) is 45.5 Å². The molecule has 0 aliphatic carbocycles. The summed E-state index contributed by atoms with van der Waals surface area (Å²) in [5.74, 6) is 0.417. The molecule has 4 rings (SSSR count). The van der Waals surface area contributed by atoms with Crippen LogP contribution in [0, 0.1) is 0 Å². The Morgan fingerprint density at radius 2 is 2.20 bits per heavy atom. The fourth-order valence-corrected chi connectivity index (χ4v) is 2.56. The van der Waals surface area contributed by atoms with Gasteiger partial charge in [0.15, 0.2) is 5.76 Å². The number of carbonyl (C=O) groups is 1. The summed E-state index contributed by atoms with van der Waals surface area (Å²) in [6.07, 6.45) is 2.74. The fourth-order valence-electron chi connectivity index (χ4n) is 2.26. The molecule has 1 aromatic heterocycles. The van der Waals surface area contributed by atoms with Gasteiger partial charge in [-0.3, -0.25) is 4.79 Å². The number of halogens is 1. The number of piperazine rings is 1. The van der Waals surface area contributed by atoms with Gasteiger partial charge in [-0.15, -0.1) is 0 Å². The zero-order chi connectivity index (χ0) is 10.4. The highest BCUT2D eigenvalue weighted by molar-refractivity contribution is 9.10. The molecule has 3 aliphatic rings. The predicted octanol–water partition coefficient (Wildman–Crippen LogP) is 1.23. The molecule has 3 fully saturated rings. The molecule has 2 bridgehead atoms. The van der Waals surface area contributed by atoms with Crippen LogP contribution in [-0.4, -0.2) is 36.0 Å². The van der Waals surface area contributed by atoms with Crippen molar-refractivity contribution in [1.82, 2.24) is 10.2 Å². The van der Waals surface area contributed by atoms with Gasteiger partial charge >= 0.3 is 0 Å². The Labute approximate surface area is 95.7 Å². The number of furan rings is 1. The van der Waals surface area contributed by atoms with Gasteiger partial charge in [0.25, 0.3) is 5.91 Å². The second-order valence-corrected chi connectivity index (χ2v) is 5.05. The van der Waals surface area contributed by atoms with E-state index < -0.39 is 0 Å². The Morgan fingerprint density at radius 1 is 1.53 bits per heavy atom. The van der Waals surface area contributed by atoms with Crippen molar-refractivity contribution in [2.24, 2.45) is 0 Å².